The molecular formula is C26H35BrN2O3S. The summed E-state index contributed by atoms with van der Waals surface area (Å²) in [6, 6.07) is 4.51. The van der Waals surface area contributed by atoms with Gasteiger partial charge in [0.2, 0.25) is 0 Å². The summed E-state index contributed by atoms with van der Waals surface area (Å²) in [4.78, 5) is 21.5. The first-order chi connectivity index (χ1) is 16.1. The second kappa shape index (κ2) is 11.8. The van der Waals surface area contributed by atoms with Gasteiger partial charge >= 0.3 is 0 Å². The zero-order valence-electron chi connectivity index (χ0n) is 19.8. The van der Waals surface area contributed by atoms with Crippen LogP contribution in [0.15, 0.2) is 26.5 Å². The molecule has 3 fully saturated rings. The maximum absolute atomic E-state index is 13.6. The summed E-state index contributed by atoms with van der Waals surface area (Å²) in [6.45, 7) is 5.04. The van der Waals surface area contributed by atoms with Gasteiger partial charge in [0.15, 0.2) is 16.7 Å². The van der Waals surface area contributed by atoms with Gasteiger partial charge in [0.05, 0.1) is 24.2 Å². The molecule has 0 unspecified atom stereocenters. The normalized spacial score (nSPS) is 23.0. The van der Waals surface area contributed by atoms with E-state index in [1.54, 1.807) is 11.8 Å². The average molecular weight is 536 g/mol. The van der Waals surface area contributed by atoms with Gasteiger partial charge in [0, 0.05) is 10.5 Å². The van der Waals surface area contributed by atoms with Crippen molar-refractivity contribution < 1.29 is 14.3 Å². The fourth-order valence-electron chi connectivity index (χ4n) is 4.94. The quantitative estimate of drug-likeness (QED) is 0.347. The zero-order chi connectivity index (χ0) is 23.2. The molecule has 0 spiro atoms. The molecule has 1 saturated heterocycles. The molecule has 1 aromatic rings. The Morgan fingerprint density at radius 2 is 1.61 bits per heavy atom. The van der Waals surface area contributed by atoms with Crippen molar-refractivity contribution in [3.63, 3.8) is 0 Å². The molecule has 0 bridgehead atoms. The Hall–Kier alpha value is -1.47. The number of hydrogen-bond donors (Lipinski definition) is 0. The molecule has 0 radical (unpaired) electrons. The summed E-state index contributed by atoms with van der Waals surface area (Å²) >= 11 is 5.22. The summed E-state index contributed by atoms with van der Waals surface area (Å²) < 4.78 is 12.4. The van der Waals surface area contributed by atoms with Crippen molar-refractivity contribution in [1.82, 2.24) is 4.90 Å². The van der Waals surface area contributed by atoms with E-state index >= 15 is 0 Å². The molecular weight excluding hydrogens is 500 g/mol. The van der Waals surface area contributed by atoms with Crippen LogP contribution in [0.1, 0.15) is 83.6 Å². The fourth-order valence-corrected chi connectivity index (χ4v) is 6.48. The number of rotatable bonds is 7. The lowest BCUT2D eigenvalue weighted by Gasteiger charge is -2.31. The van der Waals surface area contributed by atoms with Crippen LogP contribution in [0.2, 0.25) is 0 Å². The first-order valence-electron chi connectivity index (χ1n) is 12.5. The number of carbonyl (C=O) groups is 1. The molecule has 1 aliphatic heterocycles. The summed E-state index contributed by atoms with van der Waals surface area (Å²) in [6.07, 6.45) is 13.8. The minimum absolute atomic E-state index is 0.0974. The van der Waals surface area contributed by atoms with Gasteiger partial charge < -0.3 is 9.47 Å². The Morgan fingerprint density at radius 1 is 1.00 bits per heavy atom. The first-order valence-corrected chi connectivity index (χ1v) is 14.1. The summed E-state index contributed by atoms with van der Waals surface area (Å²) in [5, 5.41) is 0.914. The molecule has 0 atom stereocenters. The SMILES string of the molecule is CCOc1cc(Br)c(C=C2SC(=NC3CCCCC3)N(C3CCCCC3)C2=O)cc1OCC. The third-order valence-electron chi connectivity index (χ3n) is 6.59. The number of halogens is 1. The zero-order valence-corrected chi connectivity index (χ0v) is 22.2. The highest BCUT2D eigenvalue weighted by molar-refractivity contribution is 9.10. The highest BCUT2D eigenvalue weighted by Crippen LogP contribution is 2.41. The molecule has 1 amide bonds. The highest BCUT2D eigenvalue weighted by Gasteiger charge is 2.39. The monoisotopic (exact) mass is 534 g/mol. The van der Waals surface area contributed by atoms with Crippen LogP contribution in [-0.4, -0.2) is 41.3 Å². The average Bonchev–Trinajstić information content (AvgIpc) is 3.12. The van der Waals surface area contributed by atoms with Crippen LogP contribution in [-0.2, 0) is 4.79 Å². The van der Waals surface area contributed by atoms with Crippen molar-refractivity contribution in [2.24, 2.45) is 4.99 Å². The summed E-state index contributed by atoms with van der Waals surface area (Å²) in [5.74, 6) is 1.51. The standard InChI is InChI=1S/C26H35BrN2O3S/c1-3-31-22-15-18(21(27)17-23(22)32-4-2)16-24-25(30)29(20-13-9-6-10-14-20)26(33-24)28-19-11-7-5-8-12-19/h15-17,19-20H,3-14H2,1-2H3. The largest absolute Gasteiger partial charge is 0.490 e. The van der Waals surface area contributed by atoms with Crippen LogP contribution in [0, 0.1) is 0 Å². The van der Waals surface area contributed by atoms with E-state index in [1.807, 2.05) is 37.0 Å². The number of carbonyl (C=O) groups excluding carboxylic acids is 1. The molecule has 180 valence electrons. The molecule has 33 heavy (non-hydrogen) atoms. The Bertz CT molecular complexity index is 905. The Labute approximate surface area is 210 Å². The molecule has 1 aromatic carbocycles. The van der Waals surface area contributed by atoms with Crippen molar-refractivity contribution in [3.05, 3.63) is 27.1 Å². The number of amidine groups is 1. The third kappa shape index (κ3) is 5.97. The number of aliphatic imine (C=N–C) groups is 1. The third-order valence-corrected chi connectivity index (χ3v) is 8.28. The maximum atomic E-state index is 13.6. The predicted molar refractivity (Wildman–Crippen MR) is 140 cm³/mol. The molecule has 3 aliphatic rings. The topological polar surface area (TPSA) is 51.1 Å². The van der Waals surface area contributed by atoms with E-state index in [9.17, 15) is 4.79 Å². The van der Waals surface area contributed by atoms with Gasteiger partial charge in [-0.2, -0.15) is 0 Å². The second-order valence-electron chi connectivity index (χ2n) is 8.97. The van der Waals surface area contributed by atoms with Crippen LogP contribution in [0.5, 0.6) is 11.5 Å². The maximum Gasteiger partial charge on any atom is 0.267 e. The molecule has 0 aromatic heterocycles. The summed E-state index contributed by atoms with van der Waals surface area (Å²) in [5.41, 5.74) is 0.917. The van der Waals surface area contributed by atoms with Crippen molar-refractivity contribution in [2.75, 3.05) is 13.2 Å². The molecule has 0 N–H and O–H groups in total. The fraction of sp³-hybridized carbons (Fsp3) is 0.615. The van der Waals surface area contributed by atoms with E-state index < -0.39 is 0 Å². The van der Waals surface area contributed by atoms with Crippen LogP contribution >= 0.6 is 27.7 Å². The van der Waals surface area contributed by atoms with E-state index in [-0.39, 0.29) is 11.9 Å². The van der Waals surface area contributed by atoms with Crippen LogP contribution in [0.4, 0.5) is 0 Å². The second-order valence-corrected chi connectivity index (χ2v) is 10.8. The molecule has 7 heteroatoms. The molecule has 5 nitrogen and oxygen atoms in total. The van der Waals surface area contributed by atoms with E-state index in [0.29, 0.717) is 30.8 Å². The van der Waals surface area contributed by atoms with E-state index in [1.165, 1.54) is 38.5 Å². The number of ether oxygens (including phenoxy) is 2. The molecule has 4 rings (SSSR count). The van der Waals surface area contributed by atoms with Gasteiger partial charge in [-0.05, 0) is 75.1 Å². The number of nitrogens with zero attached hydrogens (tertiary/aromatic N) is 2. The Kier molecular flexibility index (Phi) is 8.80. The van der Waals surface area contributed by atoms with Crippen molar-refractivity contribution in [2.45, 2.75) is 90.1 Å². The van der Waals surface area contributed by atoms with Crippen LogP contribution < -0.4 is 9.47 Å². The van der Waals surface area contributed by atoms with Crippen molar-refractivity contribution in [1.29, 1.82) is 0 Å². The van der Waals surface area contributed by atoms with E-state index in [4.69, 9.17) is 14.5 Å². The Balaban J connectivity index is 1.66. The van der Waals surface area contributed by atoms with Gasteiger partial charge in [0.1, 0.15) is 0 Å². The Morgan fingerprint density at radius 3 is 2.24 bits per heavy atom. The minimum Gasteiger partial charge on any atom is -0.490 e. The van der Waals surface area contributed by atoms with E-state index in [0.717, 1.165) is 45.8 Å². The van der Waals surface area contributed by atoms with Gasteiger partial charge in [-0.1, -0.05) is 54.5 Å². The van der Waals surface area contributed by atoms with Crippen molar-refractivity contribution >= 4 is 44.8 Å². The number of thioether (sulfide) groups is 1. The molecule has 2 saturated carbocycles. The van der Waals surface area contributed by atoms with Gasteiger partial charge in [-0.25, -0.2) is 0 Å². The van der Waals surface area contributed by atoms with Gasteiger partial charge in [-0.3, -0.25) is 14.7 Å². The van der Waals surface area contributed by atoms with Crippen LogP contribution in [0.25, 0.3) is 6.08 Å². The minimum atomic E-state index is 0.0974. The van der Waals surface area contributed by atoms with Crippen LogP contribution in [0.3, 0.4) is 0 Å². The lowest BCUT2D eigenvalue weighted by molar-refractivity contribution is -0.124. The lowest BCUT2D eigenvalue weighted by atomic mass is 9.94. The van der Waals surface area contributed by atoms with E-state index in [2.05, 4.69) is 15.9 Å². The summed E-state index contributed by atoms with van der Waals surface area (Å²) in [7, 11) is 0. The van der Waals surface area contributed by atoms with Gasteiger partial charge in [0.25, 0.3) is 5.91 Å². The smallest absolute Gasteiger partial charge is 0.267 e. The predicted octanol–water partition coefficient (Wildman–Crippen LogP) is 7.18. The molecule has 1 heterocycles. The lowest BCUT2D eigenvalue weighted by Crippen LogP contribution is -2.41. The number of benzene rings is 1. The highest BCUT2D eigenvalue weighted by atomic mass is 79.9. The van der Waals surface area contributed by atoms with Gasteiger partial charge in [-0.15, -0.1) is 0 Å². The molecule has 2 aliphatic carbocycles. The number of hydrogen-bond acceptors (Lipinski definition) is 5. The van der Waals surface area contributed by atoms with Crippen molar-refractivity contribution in [3.8, 4) is 11.5 Å². The number of amides is 1. The first kappa shape index (κ1) is 24.6.